The van der Waals surface area contributed by atoms with E-state index in [2.05, 4.69) is 17.6 Å². The first-order valence-electron chi connectivity index (χ1n) is 7.43. The van der Waals surface area contributed by atoms with Crippen LogP contribution in [0.1, 0.15) is 43.0 Å². The number of nitrogens with one attached hydrogen (secondary N) is 2. The SMILES string of the molecule is CC1CCCC(CNC(=O)Nc2ccc(C(=O)O)cc2)C1. The van der Waals surface area contributed by atoms with Crippen LogP contribution >= 0.6 is 0 Å². The summed E-state index contributed by atoms with van der Waals surface area (Å²) >= 11 is 0. The molecule has 0 bridgehead atoms. The Balaban J connectivity index is 1.77. The smallest absolute Gasteiger partial charge is 0.335 e. The number of carbonyl (C=O) groups is 2. The van der Waals surface area contributed by atoms with E-state index in [1.807, 2.05) is 0 Å². The fraction of sp³-hybridized carbons (Fsp3) is 0.500. The molecule has 0 aliphatic heterocycles. The number of anilines is 1. The van der Waals surface area contributed by atoms with Crippen LogP contribution in [0, 0.1) is 11.8 Å². The molecule has 2 unspecified atom stereocenters. The zero-order valence-electron chi connectivity index (χ0n) is 12.3. The number of aromatic carboxylic acids is 1. The maximum absolute atomic E-state index is 11.8. The molecule has 0 saturated heterocycles. The molecule has 2 atom stereocenters. The Labute approximate surface area is 124 Å². The Morgan fingerprint density at radius 3 is 2.57 bits per heavy atom. The van der Waals surface area contributed by atoms with Crippen LogP contribution in [-0.4, -0.2) is 23.7 Å². The van der Waals surface area contributed by atoms with E-state index in [1.54, 1.807) is 12.1 Å². The third kappa shape index (κ3) is 4.77. The standard InChI is InChI=1S/C16H22N2O3/c1-11-3-2-4-12(9-11)10-17-16(21)18-14-7-5-13(6-8-14)15(19)20/h5-8,11-12H,2-4,9-10H2,1H3,(H,19,20)(H2,17,18,21). The van der Waals surface area contributed by atoms with Crippen LogP contribution < -0.4 is 10.6 Å². The molecule has 1 fully saturated rings. The Hall–Kier alpha value is -2.04. The summed E-state index contributed by atoms with van der Waals surface area (Å²) in [6, 6.07) is 5.88. The molecular weight excluding hydrogens is 268 g/mol. The van der Waals surface area contributed by atoms with Crippen LogP contribution in [0.15, 0.2) is 24.3 Å². The van der Waals surface area contributed by atoms with Crippen LogP contribution in [0.5, 0.6) is 0 Å². The molecule has 5 nitrogen and oxygen atoms in total. The molecule has 1 aromatic carbocycles. The molecule has 2 amide bonds. The number of hydrogen-bond acceptors (Lipinski definition) is 2. The molecule has 0 heterocycles. The average molecular weight is 290 g/mol. The van der Waals surface area contributed by atoms with E-state index in [9.17, 15) is 9.59 Å². The van der Waals surface area contributed by atoms with Crippen molar-refractivity contribution in [3.63, 3.8) is 0 Å². The quantitative estimate of drug-likeness (QED) is 0.795. The predicted octanol–water partition coefficient (Wildman–Crippen LogP) is 3.33. The average Bonchev–Trinajstić information content (AvgIpc) is 2.46. The lowest BCUT2D eigenvalue weighted by molar-refractivity contribution is 0.0697. The highest BCUT2D eigenvalue weighted by atomic mass is 16.4. The first kappa shape index (κ1) is 15.4. The van der Waals surface area contributed by atoms with Crippen molar-refractivity contribution in [1.82, 2.24) is 5.32 Å². The van der Waals surface area contributed by atoms with Gasteiger partial charge < -0.3 is 15.7 Å². The topological polar surface area (TPSA) is 78.4 Å². The zero-order chi connectivity index (χ0) is 15.2. The molecule has 114 valence electrons. The van der Waals surface area contributed by atoms with E-state index in [0.29, 0.717) is 18.2 Å². The first-order chi connectivity index (χ1) is 10.0. The van der Waals surface area contributed by atoms with Crippen molar-refractivity contribution in [1.29, 1.82) is 0 Å². The molecule has 0 radical (unpaired) electrons. The minimum Gasteiger partial charge on any atom is -0.478 e. The summed E-state index contributed by atoms with van der Waals surface area (Å²) in [6.45, 7) is 2.96. The lowest BCUT2D eigenvalue weighted by Crippen LogP contribution is -2.34. The summed E-state index contributed by atoms with van der Waals surface area (Å²) in [6.07, 6.45) is 4.88. The normalized spacial score (nSPS) is 21.6. The van der Waals surface area contributed by atoms with Gasteiger partial charge in [-0.15, -0.1) is 0 Å². The zero-order valence-corrected chi connectivity index (χ0v) is 12.3. The lowest BCUT2D eigenvalue weighted by atomic mass is 9.82. The largest absolute Gasteiger partial charge is 0.478 e. The minimum absolute atomic E-state index is 0.206. The molecule has 0 spiro atoms. The van der Waals surface area contributed by atoms with Gasteiger partial charge in [-0.1, -0.05) is 19.8 Å². The second-order valence-electron chi connectivity index (χ2n) is 5.86. The summed E-state index contributed by atoms with van der Waals surface area (Å²) in [4.78, 5) is 22.6. The fourth-order valence-corrected chi connectivity index (χ4v) is 2.85. The van der Waals surface area contributed by atoms with Gasteiger partial charge >= 0.3 is 12.0 Å². The van der Waals surface area contributed by atoms with Gasteiger partial charge in [0.25, 0.3) is 0 Å². The Morgan fingerprint density at radius 1 is 1.24 bits per heavy atom. The number of carbonyl (C=O) groups excluding carboxylic acids is 1. The van der Waals surface area contributed by atoms with Crippen LogP contribution in [-0.2, 0) is 0 Å². The molecule has 1 saturated carbocycles. The number of hydrogen-bond donors (Lipinski definition) is 3. The van der Waals surface area contributed by atoms with Crippen molar-refractivity contribution in [2.24, 2.45) is 11.8 Å². The van der Waals surface area contributed by atoms with Gasteiger partial charge in [-0.2, -0.15) is 0 Å². The molecule has 5 heteroatoms. The number of amides is 2. The highest BCUT2D eigenvalue weighted by Crippen LogP contribution is 2.27. The summed E-state index contributed by atoms with van der Waals surface area (Å²) in [7, 11) is 0. The van der Waals surface area contributed by atoms with E-state index in [1.165, 1.54) is 37.8 Å². The summed E-state index contributed by atoms with van der Waals surface area (Å²) in [5, 5.41) is 14.4. The number of urea groups is 1. The summed E-state index contributed by atoms with van der Waals surface area (Å²) < 4.78 is 0. The maximum Gasteiger partial charge on any atom is 0.335 e. The van der Waals surface area contributed by atoms with Gasteiger partial charge in [0.05, 0.1) is 5.56 Å². The Kier molecular flexibility index (Phi) is 5.20. The Morgan fingerprint density at radius 2 is 1.95 bits per heavy atom. The molecule has 1 aliphatic rings. The number of benzene rings is 1. The molecule has 0 aromatic heterocycles. The highest BCUT2D eigenvalue weighted by Gasteiger charge is 2.19. The second-order valence-corrected chi connectivity index (χ2v) is 5.86. The van der Waals surface area contributed by atoms with Crippen LogP contribution in [0.2, 0.25) is 0 Å². The lowest BCUT2D eigenvalue weighted by Gasteiger charge is -2.26. The number of carboxylic acid groups (broad SMARTS) is 1. The van der Waals surface area contributed by atoms with Crippen molar-refractivity contribution in [3.8, 4) is 0 Å². The van der Waals surface area contributed by atoms with Gasteiger partial charge in [0.1, 0.15) is 0 Å². The van der Waals surface area contributed by atoms with Crippen LogP contribution in [0.4, 0.5) is 10.5 Å². The molecule has 1 aliphatic carbocycles. The van der Waals surface area contributed by atoms with E-state index in [-0.39, 0.29) is 11.6 Å². The number of carboxylic acids is 1. The van der Waals surface area contributed by atoms with E-state index >= 15 is 0 Å². The second kappa shape index (κ2) is 7.11. The van der Waals surface area contributed by atoms with Gasteiger partial charge in [0.15, 0.2) is 0 Å². The van der Waals surface area contributed by atoms with Crippen molar-refractivity contribution in [2.45, 2.75) is 32.6 Å². The van der Waals surface area contributed by atoms with Gasteiger partial charge in [-0.05, 0) is 48.9 Å². The summed E-state index contributed by atoms with van der Waals surface area (Å²) in [5.74, 6) is 0.337. The number of rotatable bonds is 4. The molecular formula is C16H22N2O3. The van der Waals surface area contributed by atoms with E-state index in [0.717, 1.165) is 5.92 Å². The van der Waals surface area contributed by atoms with E-state index in [4.69, 9.17) is 5.11 Å². The van der Waals surface area contributed by atoms with Crippen molar-refractivity contribution >= 4 is 17.7 Å². The van der Waals surface area contributed by atoms with Crippen molar-refractivity contribution < 1.29 is 14.7 Å². The Bertz CT molecular complexity index is 499. The van der Waals surface area contributed by atoms with E-state index < -0.39 is 5.97 Å². The highest BCUT2D eigenvalue weighted by molar-refractivity contribution is 5.91. The van der Waals surface area contributed by atoms with Gasteiger partial charge in [0, 0.05) is 12.2 Å². The predicted molar refractivity (Wildman–Crippen MR) is 81.5 cm³/mol. The third-order valence-corrected chi connectivity index (χ3v) is 3.99. The molecule has 2 rings (SSSR count). The van der Waals surface area contributed by atoms with Crippen molar-refractivity contribution in [2.75, 3.05) is 11.9 Å². The van der Waals surface area contributed by atoms with Gasteiger partial charge in [0.2, 0.25) is 0 Å². The monoisotopic (exact) mass is 290 g/mol. The molecule has 21 heavy (non-hydrogen) atoms. The van der Waals surface area contributed by atoms with Crippen LogP contribution in [0.3, 0.4) is 0 Å². The van der Waals surface area contributed by atoms with Crippen molar-refractivity contribution in [3.05, 3.63) is 29.8 Å². The fourth-order valence-electron chi connectivity index (χ4n) is 2.85. The summed E-state index contributed by atoms with van der Waals surface area (Å²) in [5.41, 5.74) is 0.798. The molecule has 1 aromatic rings. The van der Waals surface area contributed by atoms with Gasteiger partial charge in [-0.3, -0.25) is 0 Å². The van der Waals surface area contributed by atoms with Crippen LogP contribution in [0.25, 0.3) is 0 Å². The maximum atomic E-state index is 11.8. The molecule has 3 N–H and O–H groups in total. The minimum atomic E-state index is -0.975. The first-order valence-corrected chi connectivity index (χ1v) is 7.43. The third-order valence-electron chi connectivity index (χ3n) is 3.99. The van der Waals surface area contributed by atoms with Gasteiger partial charge in [-0.25, -0.2) is 9.59 Å².